The highest BCUT2D eigenvalue weighted by atomic mass is 35.5. The molecule has 1 unspecified atom stereocenters. The molecular formula is C23H20ClNO2S. The van der Waals surface area contributed by atoms with Crippen LogP contribution in [0.4, 0.5) is 0 Å². The van der Waals surface area contributed by atoms with Crippen molar-refractivity contribution in [2.24, 2.45) is 0 Å². The second-order valence-corrected chi connectivity index (χ2v) is 8.32. The minimum Gasteiger partial charge on any atom is -0.331 e. The molecule has 2 heterocycles. The summed E-state index contributed by atoms with van der Waals surface area (Å²) in [5, 5.41) is 2.69. The summed E-state index contributed by atoms with van der Waals surface area (Å²) >= 11 is 7.63. The Hall–Kier alpha value is -2.43. The highest BCUT2D eigenvalue weighted by Crippen LogP contribution is 2.38. The van der Waals surface area contributed by atoms with Crippen molar-refractivity contribution in [1.82, 2.24) is 4.90 Å². The van der Waals surface area contributed by atoms with Gasteiger partial charge in [-0.1, -0.05) is 41.9 Å². The van der Waals surface area contributed by atoms with E-state index in [0.717, 1.165) is 12.0 Å². The molecule has 0 saturated carbocycles. The molecule has 0 saturated heterocycles. The second kappa shape index (κ2) is 8.29. The predicted molar refractivity (Wildman–Crippen MR) is 113 cm³/mol. The van der Waals surface area contributed by atoms with Gasteiger partial charge in [0.05, 0.1) is 6.04 Å². The fourth-order valence-corrected chi connectivity index (χ4v) is 4.75. The number of carbonyl (C=O) groups is 2. The zero-order chi connectivity index (χ0) is 19.5. The van der Waals surface area contributed by atoms with E-state index in [4.69, 9.17) is 11.6 Å². The molecule has 1 aromatic heterocycles. The standard InChI is InChI=1S/C23H20ClNO2S/c24-18-8-6-16(7-9-18)20(26)10-11-22(27)25-14-12-21-19(13-15-28-21)23(25)17-4-2-1-3-5-17/h1-9,13,15,23H,10-12,14H2. The van der Waals surface area contributed by atoms with Gasteiger partial charge in [-0.2, -0.15) is 0 Å². The van der Waals surface area contributed by atoms with Crippen molar-refractivity contribution in [3.8, 4) is 0 Å². The molecule has 0 radical (unpaired) electrons. The van der Waals surface area contributed by atoms with Gasteiger partial charge >= 0.3 is 0 Å². The Morgan fingerprint density at radius 1 is 1.00 bits per heavy atom. The highest BCUT2D eigenvalue weighted by molar-refractivity contribution is 7.10. The molecule has 0 bridgehead atoms. The molecule has 4 rings (SSSR count). The fourth-order valence-electron chi connectivity index (χ4n) is 3.72. The quantitative estimate of drug-likeness (QED) is 0.519. The third-order valence-corrected chi connectivity index (χ3v) is 6.38. The normalized spacial score (nSPS) is 15.9. The van der Waals surface area contributed by atoms with Crippen molar-refractivity contribution in [2.75, 3.05) is 6.54 Å². The van der Waals surface area contributed by atoms with Crippen molar-refractivity contribution in [3.05, 3.63) is 92.6 Å². The molecule has 0 aliphatic carbocycles. The van der Waals surface area contributed by atoms with Gasteiger partial charge in [-0.3, -0.25) is 9.59 Å². The van der Waals surface area contributed by atoms with Gasteiger partial charge in [-0.15, -0.1) is 11.3 Å². The van der Waals surface area contributed by atoms with E-state index in [0.29, 0.717) is 17.1 Å². The number of rotatable bonds is 5. The summed E-state index contributed by atoms with van der Waals surface area (Å²) < 4.78 is 0. The third-order valence-electron chi connectivity index (χ3n) is 5.13. The van der Waals surface area contributed by atoms with Gasteiger partial charge < -0.3 is 4.90 Å². The number of amides is 1. The van der Waals surface area contributed by atoms with Crippen molar-refractivity contribution in [1.29, 1.82) is 0 Å². The van der Waals surface area contributed by atoms with E-state index in [1.165, 1.54) is 10.4 Å². The van der Waals surface area contributed by atoms with Crippen LogP contribution in [0.2, 0.25) is 5.02 Å². The number of hydrogen-bond acceptors (Lipinski definition) is 3. The Kier molecular flexibility index (Phi) is 5.60. The first-order valence-electron chi connectivity index (χ1n) is 9.33. The number of thiophene rings is 1. The number of halogens is 1. The SMILES string of the molecule is O=C(CCC(=O)N1CCc2sccc2C1c1ccccc1)c1ccc(Cl)cc1. The predicted octanol–water partition coefficient (Wildman–Crippen LogP) is 5.54. The van der Waals surface area contributed by atoms with Crippen LogP contribution in [-0.4, -0.2) is 23.1 Å². The Morgan fingerprint density at radius 3 is 2.50 bits per heavy atom. The summed E-state index contributed by atoms with van der Waals surface area (Å²) in [4.78, 5) is 28.8. The van der Waals surface area contributed by atoms with E-state index in [2.05, 4.69) is 23.6 Å². The van der Waals surface area contributed by atoms with Crippen molar-refractivity contribution >= 4 is 34.6 Å². The Balaban J connectivity index is 1.51. The average molecular weight is 410 g/mol. The van der Waals surface area contributed by atoms with Gasteiger partial charge in [0.1, 0.15) is 0 Å². The van der Waals surface area contributed by atoms with Crippen molar-refractivity contribution < 1.29 is 9.59 Å². The van der Waals surface area contributed by atoms with E-state index in [1.807, 2.05) is 23.1 Å². The van der Waals surface area contributed by atoms with Crippen molar-refractivity contribution in [3.63, 3.8) is 0 Å². The fraction of sp³-hybridized carbons (Fsp3) is 0.217. The van der Waals surface area contributed by atoms with Crippen LogP contribution in [0.1, 0.15) is 45.2 Å². The number of hydrogen-bond donors (Lipinski definition) is 0. The Bertz CT molecular complexity index is 981. The number of fused-ring (bicyclic) bond motifs is 1. The number of ketones is 1. The zero-order valence-corrected chi connectivity index (χ0v) is 16.9. The molecule has 1 amide bonds. The van der Waals surface area contributed by atoms with Crippen LogP contribution in [0, 0.1) is 0 Å². The van der Waals surface area contributed by atoms with E-state index in [-0.39, 0.29) is 30.6 Å². The van der Waals surface area contributed by atoms with Crippen LogP contribution in [0.15, 0.2) is 66.0 Å². The summed E-state index contributed by atoms with van der Waals surface area (Å²) in [5.74, 6) is -0.0115. The van der Waals surface area contributed by atoms with E-state index >= 15 is 0 Å². The van der Waals surface area contributed by atoms with Crippen LogP contribution < -0.4 is 0 Å². The molecule has 2 aromatic carbocycles. The largest absolute Gasteiger partial charge is 0.331 e. The lowest BCUT2D eigenvalue weighted by Gasteiger charge is -2.36. The molecule has 142 valence electrons. The van der Waals surface area contributed by atoms with E-state index in [1.54, 1.807) is 35.6 Å². The first-order chi connectivity index (χ1) is 13.6. The minimum atomic E-state index is -0.0747. The van der Waals surface area contributed by atoms with Gasteiger partial charge in [-0.05, 0) is 53.3 Å². The van der Waals surface area contributed by atoms with Gasteiger partial charge in [0.25, 0.3) is 0 Å². The average Bonchev–Trinajstić information content (AvgIpc) is 3.21. The Morgan fingerprint density at radius 2 is 1.75 bits per heavy atom. The van der Waals surface area contributed by atoms with E-state index < -0.39 is 0 Å². The molecule has 1 aliphatic heterocycles. The molecule has 0 N–H and O–H groups in total. The topological polar surface area (TPSA) is 37.4 Å². The first-order valence-corrected chi connectivity index (χ1v) is 10.6. The van der Waals surface area contributed by atoms with Crippen LogP contribution >= 0.6 is 22.9 Å². The molecular weight excluding hydrogens is 390 g/mol. The number of benzene rings is 2. The highest BCUT2D eigenvalue weighted by Gasteiger charge is 2.32. The summed E-state index contributed by atoms with van der Waals surface area (Å²) in [6.07, 6.45) is 1.28. The van der Waals surface area contributed by atoms with Crippen molar-refractivity contribution in [2.45, 2.75) is 25.3 Å². The van der Waals surface area contributed by atoms with Gasteiger partial charge in [-0.25, -0.2) is 0 Å². The molecule has 0 spiro atoms. The summed E-state index contributed by atoms with van der Waals surface area (Å²) in [6, 6.07) is 19.0. The molecule has 3 aromatic rings. The smallest absolute Gasteiger partial charge is 0.223 e. The summed E-state index contributed by atoms with van der Waals surface area (Å²) in [6.45, 7) is 0.682. The maximum atomic E-state index is 13.1. The molecule has 3 nitrogen and oxygen atoms in total. The van der Waals surface area contributed by atoms with Crippen LogP contribution in [0.5, 0.6) is 0 Å². The van der Waals surface area contributed by atoms with Crippen LogP contribution in [0.3, 0.4) is 0 Å². The van der Waals surface area contributed by atoms with E-state index in [9.17, 15) is 9.59 Å². The van der Waals surface area contributed by atoms with Gasteiger partial charge in [0.15, 0.2) is 5.78 Å². The maximum absolute atomic E-state index is 13.1. The molecule has 28 heavy (non-hydrogen) atoms. The molecule has 0 fully saturated rings. The monoisotopic (exact) mass is 409 g/mol. The molecule has 1 aliphatic rings. The van der Waals surface area contributed by atoms with Gasteiger partial charge in [0.2, 0.25) is 5.91 Å². The first kappa shape index (κ1) is 18.9. The maximum Gasteiger partial charge on any atom is 0.223 e. The van der Waals surface area contributed by atoms with Crippen LogP contribution in [0.25, 0.3) is 0 Å². The zero-order valence-electron chi connectivity index (χ0n) is 15.3. The Labute approximate surface area is 173 Å². The lowest BCUT2D eigenvalue weighted by atomic mass is 9.92. The summed E-state index contributed by atoms with van der Waals surface area (Å²) in [5.41, 5.74) is 2.91. The molecule has 5 heteroatoms. The van der Waals surface area contributed by atoms with Gasteiger partial charge in [0, 0.05) is 34.8 Å². The molecule has 1 atom stereocenters. The number of Topliss-reactive ketones (excluding diaryl/α,β-unsaturated/α-hetero) is 1. The lowest BCUT2D eigenvalue weighted by Crippen LogP contribution is -2.40. The number of carbonyl (C=O) groups excluding carboxylic acids is 2. The number of nitrogens with zero attached hydrogens (tertiary/aromatic N) is 1. The third kappa shape index (κ3) is 3.89. The second-order valence-electron chi connectivity index (χ2n) is 6.88. The minimum absolute atomic E-state index is 0.0213. The summed E-state index contributed by atoms with van der Waals surface area (Å²) in [7, 11) is 0. The van der Waals surface area contributed by atoms with Crippen LogP contribution in [-0.2, 0) is 11.2 Å². The lowest BCUT2D eigenvalue weighted by molar-refractivity contribution is -0.133.